The topological polar surface area (TPSA) is 93.2 Å². The van der Waals surface area contributed by atoms with Crippen LogP contribution < -0.4 is 5.32 Å². The number of nitro groups is 1. The lowest BCUT2D eigenvalue weighted by atomic mass is 9.99. The number of hydrogen-bond acceptors (Lipinski definition) is 5. The van der Waals surface area contributed by atoms with Gasteiger partial charge in [0.05, 0.1) is 29.0 Å². The van der Waals surface area contributed by atoms with Crippen LogP contribution in [0.25, 0.3) is 22.2 Å². The molecule has 1 aliphatic heterocycles. The third kappa shape index (κ3) is 1.63. The smallest absolute Gasteiger partial charge is 0.293 e. The van der Waals surface area contributed by atoms with Gasteiger partial charge < -0.3 is 10.4 Å². The molecule has 0 saturated carbocycles. The van der Waals surface area contributed by atoms with Crippen molar-refractivity contribution in [3.05, 3.63) is 46.5 Å². The summed E-state index contributed by atoms with van der Waals surface area (Å²) in [6, 6.07) is 10.7. The maximum atomic E-state index is 11.3. The zero-order valence-corrected chi connectivity index (χ0v) is 11.5. The van der Waals surface area contributed by atoms with Crippen molar-refractivity contribution < 1.29 is 10.0 Å². The quantitative estimate of drug-likeness (QED) is 0.448. The minimum absolute atomic E-state index is 0.0202. The second-order valence-corrected chi connectivity index (χ2v) is 5.08. The largest absolute Gasteiger partial charge is 0.394 e. The lowest BCUT2D eigenvalue weighted by Gasteiger charge is -2.17. The third-order valence-electron chi connectivity index (χ3n) is 3.85. The molecule has 2 aromatic carbocycles. The lowest BCUT2D eigenvalue weighted by molar-refractivity contribution is -0.383. The molecular formula is C15H12N4O3. The molecule has 0 atom stereocenters. The summed E-state index contributed by atoms with van der Waals surface area (Å²) in [4.78, 5) is 10.9. The molecule has 1 aromatic heterocycles. The predicted molar refractivity (Wildman–Crippen MR) is 82.2 cm³/mol. The molecule has 0 spiro atoms. The Morgan fingerprint density at radius 3 is 2.86 bits per heavy atom. The fourth-order valence-electron chi connectivity index (χ4n) is 2.93. The van der Waals surface area contributed by atoms with Crippen molar-refractivity contribution in [2.24, 2.45) is 0 Å². The third-order valence-corrected chi connectivity index (χ3v) is 3.85. The van der Waals surface area contributed by atoms with E-state index in [9.17, 15) is 15.2 Å². The fraction of sp³-hybridized carbons (Fsp3) is 0.133. The number of aromatic nitrogens is 2. The number of para-hydroxylation sites is 1. The van der Waals surface area contributed by atoms with Crippen molar-refractivity contribution in [2.75, 3.05) is 11.9 Å². The minimum Gasteiger partial charge on any atom is -0.394 e. The number of benzene rings is 2. The lowest BCUT2D eigenvalue weighted by Crippen LogP contribution is -2.03. The van der Waals surface area contributed by atoms with E-state index in [-0.39, 0.29) is 12.3 Å². The van der Waals surface area contributed by atoms with Crippen LogP contribution in [-0.2, 0) is 6.54 Å². The Morgan fingerprint density at radius 2 is 2.09 bits per heavy atom. The molecule has 0 amide bonds. The van der Waals surface area contributed by atoms with E-state index < -0.39 is 4.92 Å². The molecule has 22 heavy (non-hydrogen) atoms. The average Bonchev–Trinajstić information content (AvgIpc) is 2.88. The highest BCUT2D eigenvalue weighted by Gasteiger charge is 2.28. The molecule has 0 bridgehead atoms. The Bertz CT molecular complexity index is 917. The monoisotopic (exact) mass is 296 g/mol. The van der Waals surface area contributed by atoms with Gasteiger partial charge in [-0.15, -0.1) is 0 Å². The van der Waals surface area contributed by atoms with Gasteiger partial charge in [0.15, 0.2) is 0 Å². The first kappa shape index (κ1) is 12.8. The van der Waals surface area contributed by atoms with Crippen LogP contribution in [0, 0.1) is 10.1 Å². The van der Waals surface area contributed by atoms with E-state index in [4.69, 9.17) is 0 Å². The summed E-state index contributed by atoms with van der Waals surface area (Å²) in [6.07, 6.45) is 0. The van der Waals surface area contributed by atoms with Crippen molar-refractivity contribution in [3.8, 4) is 11.3 Å². The number of fused-ring (bicyclic) bond motifs is 2. The Balaban J connectivity index is 2.12. The van der Waals surface area contributed by atoms with E-state index in [2.05, 4.69) is 10.4 Å². The highest BCUT2D eigenvalue weighted by atomic mass is 16.6. The van der Waals surface area contributed by atoms with Crippen LogP contribution in [0.5, 0.6) is 0 Å². The van der Waals surface area contributed by atoms with Gasteiger partial charge in [-0.3, -0.25) is 14.8 Å². The summed E-state index contributed by atoms with van der Waals surface area (Å²) < 4.78 is 1.68. The normalized spacial score (nSPS) is 12.0. The summed E-state index contributed by atoms with van der Waals surface area (Å²) in [7, 11) is 0. The standard InChI is InChI=1S/C15H12N4O3/c20-8-7-18-11-5-6-12(19(21)22)15-13(11)14(17-18)9-3-1-2-4-10(9)16-15/h1-6,16,20H,7-8H2. The molecule has 2 heterocycles. The molecule has 2 N–H and O–H groups in total. The van der Waals surface area contributed by atoms with Gasteiger partial charge in [-0.1, -0.05) is 18.2 Å². The maximum Gasteiger partial charge on any atom is 0.293 e. The molecule has 0 aliphatic carbocycles. The molecule has 3 aromatic rings. The summed E-state index contributed by atoms with van der Waals surface area (Å²) in [6.45, 7) is 0.299. The van der Waals surface area contributed by atoms with Crippen LogP contribution in [0.2, 0.25) is 0 Å². The van der Waals surface area contributed by atoms with Gasteiger partial charge in [0.1, 0.15) is 11.4 Å². The van der Waals surface area contributed by atoms with Gasteiger partial charge in [0.2, 0.25) is 0 Å². The average molecular weight is 296 g/mol. The number of nitrogens with one attached hydrogen (secondary N) is 1. The minimum atomic E-state index is -0.400. The van der Waals surface area contributed by atoms with Gasteiger partial charge in [-0.2, -0.15) is 5.10 Å². The number of nitro benzene ring substituents is 1. The molecule has 0 radical (unpaired) electrons. The van der Waals surface area contributed by atoms with E-state index in [1.54, 1.807) is 10.7 Å². The number of rotatable bonds is 3. The summed E-state index contributed by atoms with van der Waals surface area (Å²) in [5.74, 6) is 0. The van der Waals surface area contributed by atoms with Gasteiger partial charge in [-0.05, 0) is 12.1 Å². The van der Waals surface area contributed by atoms with E-state index in [0.29, 0.717) is 17.9 Å². The van der Waals surface area contributed by atoms with Crippen LogP contribution in [0.3, 0.4) is 0 Å². The van der Waals surface area contributed by atoms with Crippen molar-refractivity contribution in [3.63, 3.8) is 0 Å². The molecule has 0 fully saturated rings. The summed E-state index contributed by atoms with van der Waals surface area (Å²) >= 11 is 0. The second-order valence-electron chi connectivity index (χ2n) is 5.08. The Labute approximate surface area is 124 Å². The van der Waals surface area contributed by atoms with Gasteiger partial charge >= 0.3 is 0 Å². The molecule has 0 saturated heterocycles. The van der Waals surface area contributed by atoms with Crippen LogP contribution in [0.1, 0.15) is 0 Å². The number of aliphatic hydroxyl groups is 1. The summed E-state index contributed by atoms with van der Waals surface area (Å²) in [5.41, 5.74) is 3.65. The summed E-state index contributed by atoms with van der Waals surface area (Å²) in [5, 5.41) is 28.9. The number of aliphatic hydroxyl groups excluding tert-OH is 1. The molecule has 7 heteroatoms. The first-order valence-corrected chi connectivity index (χ1v) is 6.86. The van der Waals surface area contributed by atoms with Gasteiger partial charge in [0.25, 0.3) is 5.69 Å². The zero-order chi connectivity index (χ0) is 15.3. The predicted octanol–water partition coefficient (Wildman–Crippen LogP) is 2.66. The second kappa shape index (κ2) is 4.54. The van der Waals surface area contributed by atoms with Gasteiger partial charge in [-0.25, -0.2) is 0 Å². The highest BCUT2D eigenvalue weighted by molar-refractivity contribution is 6.11. The van der Waals surface area contributed by atoms with Crippen molar-refractivity contribution in [1.29, 1.82) is 0 Å². The van der Waals surface area contributed by atoms with Crippen molar-refractivity contribution in [1.82, 2.24) is 9.78 Å². The van der Waals surface area contributed by atoms with Crippen LogP contribution in [0.15, 0.2) is 36.4 Å². The van der Waals surface area contributed by atoms with E-state index in [1.807, 2.05) is 24.3 Å². The van der Waals surface area contributed by atoms with Crippen LogP contribution >= 0.6 is 0 Å². The maximum absolute atomic E-state index is 11.3. The van der Waals surface area contributed by atoms with Crippen LogP contribution in [0.4, 0.5) is 17.1 Å². The Hall–Kier alpha value is -2.93. The van der Waals surface area contributed by atoms with Gasteiger partial charge in [0, 0.05) is 17.3 Å². The molecule has 4 rings (SSSR count). The molecule has 1 aliphatic rings. The Morgan fingerprint density at radius 1 is 1.27 bits per heavy atom. The van der Waals surface area contributed by atoms with E-state index in [0.717, 1.165) is 22.2 Å². The molecular weight excluding hydrogens is 284 g/mol. The first-order chi connectivity index (χ1) is 10.7. The first-order valence-electron chi connectivity index (χ1n) is 6.86. The molecule has 110 valence electrons. The van der Waals surface area contributed by atoms with Crippen LogP contribution in [-0.4, -0.2) is 26.4 Å². The SMILES string of the molecule is O=[N+]([O-])c1ccc2c3c(nn2CCO)-c2ccccc2Nc13. The highest BCUT2D eigenvalue weighted by Crippen LogP contribution is 2.46. The number of nitrogens with zero attached hydrogens (tertiary/aromatic N) is 3. The molecule has 7 nitrogen and oxygen atoms in total. The molecule has 0 unspecified atom stereocenters. The van der Waals surface area contributed by atoms with Crippen molar-refractivity contribution >= 4 is 28.0 Å². The van der Waals surface area contributed by atoms with E-state index >= 15 is 0 Å². The number of anilines is 2. The number of hydrogen-bond donors (Lipinski definition) is 2. The zero-order valence-electron chi connectivity index (χ0n) is 11.5. The van der Waals surface area contributed by atoms with E-state index in [1.165, 1.54) is 6.07 Å². The fourth-order valence-corrected chi connectivity index (χ4v) is 2.93. The van der Waals surface area contributed by atoms with Crippen molar-refractivity contribution in [2.45, 2.75) is 6.54 Å². The Kier molecular flexibility index (Phi) is 2.64.